The smallest absolute Gasteiger partial charge is 0.296 e. The number of non-ortho nitro benzene ring substituents is 1. The molecule has 0 spiro atoms. The molecule has 0 N–H and O–H groups in total. The normalized spacial score (nSPS) is 12.2. The van der Waals surface area contributed by atoms with E-state index in [4.69, 9.17) is 0 Å². The first-order valence-electron chi connectivity index (χ1n) is 8.40. The van der Waals surface area contributed by atoms with Gasteiger partial charge in [-0.25, -0.2) is 9.97 Å². The van der Waals surface area contributed by atoms with Crippen molar-refractivity contribution in [2.45, 2.75) is 18.1 Å². The predicted molar refractivity (Wildman–Crippen MR) is 101 cm³/mol. The van der Waals surface area contributed by atoms with Crippen LogP contribution >= 0.6 is 11.8 Å². The molecule has 0 atom stereocenters. The maximum absolute atomic E-state index is 13.0. The van der Waals surface area contributed by atoms with Gasteiger partial charge in [0, 0.05) is 30.8 Å². The first-order valence-corrected chi connectivity index (χ1v) is 9.39. The van der Waals surface area contributed by atoms with Gasteiger partial charge >= 0.3 is 6.18 Å². The minimum atomic E-state index is -4.53. The molecular formula is C17H13F3N6O2S. The van der Waals surface area contributed by atoms with Crippen molar-refractivity contribution in [1.29, 1.82) is 0 Å². The molecule has 0 radical (unpaired) electrons. The summed E-state index contributed by atoms with van der Waals surface area (Å²) in [4.78, 5) is 18.8. The average molecular weight is 422 g/mol. The Labute approximate surface area is 165 Å². The van der Waals surface area contributed by atoms with Gasteiger partial charge in [0.15, 0.2) is 5.65 Å². The van der Waals surface area contributed by atoms with Crippen molar-refractivity contribution in [3.8, 4) is 5.95 Å². The standard InChI is InChI=1S/C17H13F3N6O2S/c1-3-29-15-11-5-4-10(26(27)28)7-12(11)23-25(15)16-22-13-6-9(17(18,19)20)8-21-14(13)24(16)2/h4-8H,3H2,1-2H3. The Kier molecular flexibility index (Phi) is 4.45. The summed E-state index contributed by atoms with van der Waals surface area (Å²) >= 11 is 1.45. The van der Waals surface area contributed by atoms with Gasteiger partial charge in [0.2, 0.25) is 5.95 Å². The summed E-state index contributed by atoms with van der Waals surface area (Å²) in [7, 11) is 1.63. The molecule has 0 unspecified atom stereocenters. The third kappa shape index (κ3) is 3.18. The summed E-state index contributed by atoms with van der Waals surface area (Å²) < 4.78 is 42.0. The van der Waals surface area contributed by atoms with Gasteiger partial charge in [0.1, 0.15) is 16.1 Å². The Morgan fingerprint density at radius 2 is 2.00 bits per heavy atom. The minimum Gasteiger partial charge on any atom is -0.296 e. The fourth-order valence-electron chi connectivity index (χ4n) is 2.98. The highest BCUT2D eigenvalue weighted by molar-refractivity contribution is 7.99. The third-order valence-electron chi connectivity index (χ3n) is 4.31. The maximum Gasteiger partial charge on any atom is 0.417 e. The third-order valence-corrected chi connectivity index (χ3v) is 5.26. The summed E-state index contributed by atoms with van der Waals surface area (Å²) in [6, 6.07) is 5.29. The fourth-order valence-corrected chi connectivity index (χ4v) is 3.83. The topological polar surface area (TPSA) is 91.7 Å². The lowest BCUT2D eigenvalue weighted by atomic mass is 10.2. The van der Waals surface area contributed by atoms with Gasteiger partial charge in [-0.05, 0) is 17.9 Å². The van der Waals surface area contributed by atoms with Crippen molar-refractivity contribution in [1.82, 2.24) is 24.3 Å². The molecule has 4 aromatic rings. The average Bonchev–Trinajstić information content (AvgIpc) is 3.18. The van der Waals surface area contributed by atoms with Gasteiger partial charge in [-0.3, -0.25) is 14.7 Å². The van der Waals surface area contributed by atoms with Gasteiger partial charge in [0.05, 0.1) is 10.5 Å². The molecular weight excluding hydrogens is 409 g/mol. The van der Waals surface area contributed by atoms with E-state index in [1.807, 2.05) is 6.92 Å². The molecule has 150 valence electrons. The number of nitro groups is 1. The lowest BCUT2D eigenvalue weighted by Crippen LogP contribution is -2.07. The van der Waals surface area contributed by atoms with Crippen LogP contribution in [0.5, 0.6) is 0 Å². The Morgan fingerprint density at radius 3 is 2.66 bits per heavy atom. The van der Waals surface area contributed by atoms with Crippen molar-refractivity contribution in [2.75, 3.05) is 5.75 Å². The molecule has 0 amide bonds. The van der Waals surface area contributed by atoms with Crippen LogP contribution < -0.4 is 0 Å². The van der Waals surface area contributed by atoms with Crippen LogP contribution in [0.15, 0.2) is 35.5 Å². The molecule has 0 aliphatic carbocycles. The molecule has 0 saturated heterocycles. The zero-order valence-electron chi connectivity index (χ0n) is 15.1. The predicted octanol–water partition coefficient (Wildman–Crippen LogP) is 4.35. The number of thioether (sulfide) groups is 1. The second-order valence-corrected chi connectivity index (χ2v) is 7.40. The molecule has 0 fully saturated rings. The Morgan fingerprint density at radius 1 is 1.24 bits per heavy atom. The second kappa shape index (κ2) is 6.72. The molecule has 0 saturated carbocycles. The van der Waals surface area contributed by atoms with Crippen molar-refractivity contribution in [3.05, 3.63) is 46.1 Å². The SMILES string of the molecule is CCSc1c2ccc([N+](=O)[O-])cc2nn1-c1nc2cc(C(F)(F)F)cnc2n1C. The largest absolute Gasteiger partial charge is 0.417 e. The molecule has 12 heteroatoms. The minimum absolute atomic E-state index is 0.0790. The van der Waals surface area contributed by atoms with E-state index in [2.05, 4.69) is 15.1 Å². The highest BCUT2D eigenvalue weighted by Gasteiger charge is 2.32. The van der Waals surface area contributed by atoms with Gasteiger partial charge in [-0.1, -0.05) is 6.92 Å². The van der Waals surface area contributed by atoms with Crippen LogP contribution in [0.1, 0.15) is 12.5 Å². The molecule has 3 aromatic heterocycles. The number of benzene rings is 1. The van der Waals surface area contributed by atoms with Crippen LogP contribution in [0.2, 0.25) is 0 Å². The number of aromatic nitrogens is 5. The highest BCUT2D eigenvalue weighted by Crippen LogP contribution is 2.34. The number of hydrogen-bond acceptors (Lipinski definition) is 6. The van der Waals surface area contributed by atoms with E-state index < -0.39 is 16.7 Å². The van der Waals surface area contributed by atoms with Crippen molar-refractivity contribution < 1.29 is 18.1 Å². The molecule has 0 bridgehead atoms. The number of rotatable bonds is 4. The van der Waals surface area contributed by atoms with Crippen LogP contribution in [-0.2, 0) is 13.2 Å². The van der Waals surface area contributed by atoms with E-state index in [-0.39, 0.29) is 22.8 Å². The van der Waals surface area contributed by atoms with Gasteiger partial charge in [-0.2, -0.15) is 23.0 Å². The van der Waals surface area contributed by atoms with E-state index in [0.717, 1.165) is 12.3 Å². The number of fused-ring (bicyclic) bond motifs is 2. The van der Waals surface area contributed by atoms with Crippen LogP contribution in [0.4, 0.5) is 18.9 Å². The quantitative estimate of drug-likeness (QED) is 0.276. The maximum atomic E-state index is 13.0. The second-order valence-electron chi connectivity index (χ2n) is 6.14. The molecule has 1 aromatic carbocycles. The number of aryl methyl sites for hydroxylation is 1. The van der Waals surface area contributed by atoms with E-state index in [9.17, 15) is 23.3 Å². The lowest BCUT2D eigenvalue weighted by Gasteiger charge is -2.06. The zero-order valence-corrected chi connectivity index (χ0v) is 16.0. The first kappa shape index (κ1) is 19.2. The van der Waals surface area contributed by atoms with Crippen LogP contribution in [0, 0.1) is 10.1 Å². The number of alkyl halides is 3. The fraction of sp³-hybridized carbons (Fsp3) is 0.235. The van der Waals surface area contributed by atoms with Crippen molar-refractivity contribution >= 4 is 39.5 Å². The Bertz CT molecular complexity index is 1260. The molecule has 0 aliphatic heterocycles. The molecule has 3 heterocycles. The van der Waals surface area contributed by atoms with Crippen LogP contribution in [-0.4, -0.2) is 35.0 Å². The Balaban J connectivity index is 1.95. The van der Waals surface area contributed by atoms with Gasteiger partial charge in [-0.15, -0.1) is 11.8 Å². The van der Waals surface area contributed by atoms with Gasteiger partial charge < -0.3 is 0 Å². The number of hydrogen-bond donors (Lipinski definition) is 0. The number of nitrogens with zero attached hydrogens (tertiary/aromatic N) is 6. The summed E-state index contributed by atoms with van der Waals surface area (Å²) in [5.41, 5.74) is -0.247. The Hall–Kier alpha value is -3.15. The van der Waals surface area contributed by atoms with Crippen molar-refractivity contribution in [2.24, 2.45) is 7.05 Å². The molecule has 29 heavy (non-hydrogen) atoms. The summed E-state index contributed by atoms with van der Waals surface area (Å²) in [6.07, 6.45) is -3.76. The van der Waals surface area contributed by atoms with E-state index >= 15 is 0 Å². The highest BCUT2D eigenvalue weighted by atomic mass is 32.2. The van der Waals surface area contributed by atoms with E-state index in [1.54, 1.807) is 13.1 Å². The molecule has 0 aliphatic rings. The number of nitro benzene ring substituents is 1. The van der Waals surface area contributed by atoms with Crippen LogP contribution in [0.25, 0.3) is 28.0 Å². The van der Waals surface area contributed by atoms with E-state index in [1.165, 1.54) is 33.1 Å². The zero-order chi connectivity index (χ0) is 20.9. The summed E-state index contributed by atoms with van der Waals surface area (Å²) in [5, 5.41) is 16.9. The molecule has 8 nitrogen and oxygen atoms in total. The van der Waals surface area contributed by atoms with Crippen LogP contribution in [0.3, 0.4) is 0 Å². The number of halogens is 3. The number of pyridine rings is 1. The van der Waals surface area contributed by atoms with Crippen molar-refractivity contribution in [3.63, 3.8) is 0 Å². The lowest BCUT2D eigenvalue weighted by molar-refractivity contribution is -0.384. The summed E-state index contributed by atoms with van der Waals surface area (Å²) in [5.74, 6) is 0.958. The monoisotopic (exact) mass is 422 g/mol. The van der Waals surface area contributed by atoms with E-state index in [0.29, 0.717) is 21.7 Å². The molecule has 4 rings (SSSR count). The number of imidazole rings is 1. The first-order chi connectivity index (χ1) is 13.7. The van der Waals surface area contributed by atoms with Gasteiger partial charge in [0.25, 0.3) is 5.69 Å². The summed E-state index contributed by atoms with van der Waals surface area (Å²) in [6.45, 7) is 1.94.